The number of hydrogen-bond donors (Lipinski definition) is 0. The number of aldehydes is 1. The van der Waals surface area contributed by atoms with E-state index < -0.39 is 0 Å². The Morgan fingerprint density at radius 1 is 1.43 bits per heavy atom. The molecule has 0 radical (unpaired) electrons. The Hall–Kier alpha value is -1.28. The second kappa shape index (κ2) is 3.46. The molecule has 0 atom stereocenters. The molecule has 2 nitrogen and oxygen atoms in total. The standard InChI is InChI=1S/C11H10ClNO/c1-2-13-10(7-14)5-8-3-4-9(12)6-11(8)13/h3-7H,2H2,1H3. The van der Waals surface area contributed by atoms with Crippen molar-refractivity contribution in [3.05, 3.63) is 35.0 Å². The number of rotatable bonds is 2. The first kappa shape index (κ1) is 9.28. The molecule has 0 bridgehead atoms. The third-order valence-corrected chi connectivity index (χ3v) is 2.57. The van der Waals surface area contributed by atoms with Crippen molar-refractivity contribution in [2.24, 2.45) is 0 Å². The Morgan fingerprint density at radius 3 is 2.86 bits per heavy atom. The van der Waals surface area contributed by atoms with Crippen LogP contribution in [0.1, 0.15) is 17.4 Å². The second-order valence-corrected chi connectivity index (χ2v) is 3.57. The molecule has 2 rings (SSSR count). The van der Waals surface area contributed by atoms with E-state index >= 15 is 0 Å². The van der Waals surface area contributed by atoms with Crippen LogP contribution in [0.15, 0.2) is 24.3 Å². The minimum absolute atomic E-state index is 0.697. The maximum Gasteiger partial charge on any atom is 0.166 e. The van der Waals surface area contributed by atoms with Crippen molar-refractivity contribution >= 4 is 28.8 Å². The lowest BCUT2D eigenvalue weighted by molar-refractivity contribution is 0.111. The van der Waals surface area contributed by atoms with Gasteiger partial charge in [-0.15, -0.1) is 0 Å². The molecule has 3 heteroatoms. The SMILES string of the molecule is CCn1c(C=O)cc2ccc(Cl)cc21. The monoisotopic (exact) mass is 207 g/mol. The van der Waals surface area contributed by atoms with Crippen LogP contribution >= 0.6 is 11.6 Å². The summed E-state index contributed by atoms with van der Waals surface area (Å²) in [5, 5.41) is 1.75. The summed E-state index contributed by atoms with van der Waals surface area (Å²) in [6.45, 7) is 2.78. The van der Waals surface area contributed by atoms with Crippen molar-refractivity contribution in [2.75, 3.05) is 0 Å². The fraction of sp³-hybridized carbons (Fsp3) is 0.182. The van der Waals surface area contributed by atoms with E-state index in [0.29, 0.717) is 10.7 Å². The number of nitrogens with zero attached hydrogens (tertiary/aromatic N) is 1. The molecule has 14 heavy (non-hydrogen) atoms. The van der Waals surface area contributed by atoms with Crippen LogP contribution in [0.25, 0.3) is 10.9 Å². The molecule has 0 saturated carbocycles. The normalized spacial score (nSPS) is 10.7. The van der Waals surface area contributed by atoms with Gasteiger partial charge < -0.3 is 4.57 Å². The molecule has 0 unspecified atom stereocenters. The Labute approximate surface area is 87.1 Å². The summed E-state index contributed by atoms with van der Waals surface area (Å²) in [5.41, 5.74) is 1.71. The Balaban J connectivity index is 2.81. The van der Waals surface area contributed by atoms with Gasteiger partial charge in [-0.05, 0) is 25.1 Å². The van der Waals surface area contributed by atoms with E-state index in [4.69, 9.17) is 11.6 Å². The van der Waals surface area contributed by atoms with E-state index in [0.717, 1.165) is 23.7 Å². The van der Waals surface area contributed by atoms with E-state index in [-0.39, 0.29) is 0 Å². The number of carbonyl (C=O) groups is 1. The fourth-order valence-corrected chi connectivity index (χ4v) is 1.87. The van der Waals surface area contributed by atoms with Crippen molar-refractivity contribution < 1.29 is 4.79 Å². The lowest BCUT2D eigenvalue weighted by Crippen LogP contribution is -1.98. The predicted molar refractivity (Wildman–Crippen MR) is 58.0 cm³/mol. The molecule has 0 amide bonds. The highest BCUT2D eigenvalue weighted by Crippen LogP contribution is 2.22. The van der Waals surface area contributed by atoms with Gasteiger partial charge in [0.15, 0.2) is 6.29 Å². The lowest BCUT2D eigenvalue weighted by atomic mass is 10.2. The zero-order valence-corrected chi connectivity index (χ0v) is 8.58. The molecule has 0 saturated heterocycles. The van der Waals surface area contributed by atoms with E-state index in [1.165, 1.54) is 0 Å². The highest BCUT2D eigenvalue weighted by Gasteiger charge is 2.06. The number of carbonyl (C=O) groups excluding carboxylic acids is 1. The molecular formula is C11H10ClNO. The predicted octanol–water partition coefficient (Wildman–Crippen LogP) is 3.13. The zero-order chi connectivity index (χ0) is 10.1. The molecule has 0 spiro atoms. The van der Waals surface area contributed by atoms with Gasteiger partial charge >= 0.3 is 0 Å². The number of halogens is 1. The quantitative estimate of drug-likeness (QED) is 0.694. The third-order valence-electron chi connectivity index (χ3n) is 2.34. The van der Waals surface area contributed by atoms with Gasteiger partial charge in [-0.25, -0.2) is 0 Å². The number of aromatic nitrogens is 1. The van der Waals surface area contributed by atoms with Gasteiger partial charge in [-0.3, -0.25) is 4.79 Å². The van der Waals surface area contributed by atoms with Crippen molar-refractivity contribution in [2.45, 2.75) is 13.5 Å². The molecule has 0 N–H and O–H groups in total. The number of fused-ring (bicyclic) bond motifs is 1. The second-order valence-electron chi connectivity index (χ2n) is 3.13. The average molecular weight is 208 g/mol. The first-order valence-corrected chi connectivity index (χ1v) is 4.88. The minimum atomic E-state index is 0.697. The van der Waals surface area contributed by atoms with E-state index in [9.17, 15) is 4.79 Å². The Kier molecular flexibility index (Phi) is 2.30. The zero-order valence-electron chi connectivity index (χ0n) is 7.83. The van der Waals surface area contributed by atoms with Crippen molar-refractivity contribution in [1.82, 2.24) is 4.57 Å². The number of aryl methyl sites for hydroxylation is 1. The van der Waals surface area contributed by atoms with Gasteiger partial charge in [0.25, 0.3) is 0 Å². The summed E-state index contributed by atoms with van der Waals surface area (Å²) < 4.78 is 1.95. The molecule has 72 valence electrons. The first-order chi connectivity index (χ1) is 6.76. The first-order valence-electron chi connectivity index (χ1n) is 4.50. The number of benzene rings is 1. The summed E-state index contributed by atoms with van der Waals surface area (Å²) in [4.78, 5) is 10.8. The summed E-state index contributed by atoms with van der Waals surface area (Å²) in [7, 11) is 0. The van der Waals surface area contributed by atoms with Crippen molar-refractivity contribution in [3.8, 4) is 0 Å². The van der Waals surface area contributed by atoms with Crippen LogP contribution in [0.2, 0.25) is 5.02 Å². The van der Waals surface area contributed by atoms with Crippen LogP contribution in [-0.2, 0) is 6.54 Å². The smallest absolute Gasteiger partial charge is 0.166 e. The fourth-order valence-electron chi connectivity index (χ4n) is 1.70. The van der Waals surface area contributed by atoms with Gasteiger partial charge in [-0.2, -0.15) is 0 Å². The Bertz CT molecular complexity index is 487. The minimum Gasteiger partial charge on any atom is -0.339 e. The number of hydrogen-bond acceptors (Lipinski definition) is 1. The van der Waals surface area contributed by atoms with E-state index in [2.05, 4.69) is 0 Å². The largest absolute Gasteiger partial charge is 0.339 e. The summed E-state index contributed by atoms with van der Waals surface area (Å²) >= 11 is 5.90. The van der Waals surface area contributed by atoms with Crippen LogP contribution in [0.3, 0.4) is 0 Å². The van der Waals surface area contributed by atoms with Gasteiger partial charge in [-0.1, -0.05) is 17.7 Å². The highest BCUT2D eigenvalue weighted by atomic mass is 35.5. The molecular weight excluding hydrogens is 198 g/mol. The highest BCUT2D eigenvalue weighted by molar-refractivity contribution is 6.31. The molecule has 0 aliphatic carbocycles. The van der Waals surface area contributed by atoms with Gasteiger partial charge in [0.05, 0.1) is 11.2 Å². The van der Waals surface area contributed by atoms with Crippen molar-refractivity contribution in [3.63, 3.8) is 0 Å². The molecule has 1 aromatic heterocycles. The van der Waals surface area contributed by atoms with Crippen LogP contribution in [-0.4, -0.2) is 10.9 Å². The van der Waals surface area contributed by atoms with Crippen LogP contribution < -0.4 is 0 Å². The Morgan fingerprint density at radius 2 is 2.21 bits per heavy atom. The maximum atomic E-state index is 10.8. The molecule has 0 aliphatic heterocycles. The molecule has 1 aromatic carbocycles. The van der Waals surface area contributed by atoms with Crippen LogP contribution in [0.4, 0.5) is 0 Å². The topological polar surface area (TPSA) is 22.0 Å². The molecule has 2 aromatic rings. The maximum absolute atomic E-state index is 10.8. The summed E-state index contributed by atoms with van der Waals surface area (Å²) in [6.07, 6.45) is 0.872. The average Bonchev–Trinajstić information content (AvgIpc) is 2.54. The van der Waals surface area contributed by atoms with Crippen molar-refractivity contribution in [1.29, 1.82) is 0 Å². The van der Waals surface area contributed by atoms with E-state index in [1.54, 1.807) is 0 Å². The van der Waals surface area contributed by atoms with Crippen LogP contribution in [0, 0.1) is 0 Å². The summed E-state index contributed by atoms with van der Waals surface area (Å²) in [6, 6.07) is 7.52. The molecule has 1 heterocycles. The third kappa shape index (κ3) is 1.32. The van der Waals surface area contributed by atoms with E-state index in [1.807, 2.05) is 35.8 Å². The van der Waals surface area contributed by atoms with Gasteiger partial charge in [0.2, 0.25) is 0 Å². The molecule has 0 aliphatic rings. The molecule has 0 fully saturated rings. The van der Waals surface area contributed by atoms with Gasteiger partial charge in [0.1, 0.15) is 0 Å². The van der Waals surface area contributed by atoms with Gasteiger partial charge in [0, 0.05) is 17.0 Å². The summed E-state index contributed by atoms with van der Waals surface area (Å²) in [5.74, 6) is 0. The lowest BCUT2D eigenvalue weighted by Gasteiger charge is -2.02. The van der Waals surface area contributed by atoms with Crippen LogP contribution in [0.5, 0.6) is 0 Å².